The summed E-state index contributed by atoms with van der Waals surface area (Å²) in [4.78, 5) is 24.9. The molecule has 1 saturated carbocycles. The van der Waals surface area contributed by atoms with Crippen molar-refractivity contribution in [2.75, 3.05) is 26.2 Å². The zero-order valence-electron chi connectivity index (χ0n) is 11.4. The van der Waals surface area contributed by atoms with Crippen LogP contribution in [-0.4, -0.2) is 54.4 Å². The summed E-state index contributed by atoms with van der Waals surface area (Å²) in [6.45, 7) is 3.99. The van der Waals surface area contributed by atoms with Gasteiger partial charge in [0.05, 0.1) is 18.1 Å². The highest BCUT2D eigenvalue weighted by Gasteiger charge is 2.44. The number of hydrogen-bond donors (Lipinski definition) is 2. The Balaban J connectivity index is 1.82. The summed E-state index contributed by atoms with van der Waals surface area (Å²) >= 11 is 0. The number of carbonyl (C=O) groups excluding carboxylic acids is 1. The number of nitrogens with zero attached hydrogens (tertiary/aromatic N) is 1. The minimum absolute atomic E-state index is 0.176. The summed E-state index contributed by atoms with van der Waals surface area (Å²) in [6.07, 6.45) is 3.23. The summed E-state index contributed by atoms with van der Waals surface area (Å²) in [6, 6.07) is -0.176. The first-order valence-corrected chi connectivity index (χ1v) is 6.91. The second kappa shape index (κ2) is 5.77. The highest BCUT2D eigenvalue weighted by molar-refractivity contribution is 5.79. The Hall–Kier alpha value is -1.30. The standard InChI is InChI=1S/C13H22N2O4/c1-10-3-6-15(7-8-19-10)12(18)14-9-13(11(16)17)4-2-5-13/h10H,2-9H2,1H3,(H,14,18)(H,16,17). The first kappa shape index (κ1) is 14.1. The molecule has 19 heavy (non-hydrogen) atoms. The first-order valence-electron chi connectivity index (χ1n) is 6.91. The number of aliphatic carboxylic acids is 1. The molecule has 0 aromatic rings. The van der Waals surface area contributed by atoms with Gasteiger partial charge in [-0.1, -0.05) is 6.42 Å². The van der Waals surface area contributed by atoms with Gasteiger partial charge in [-0.05, 0) is 26.2 Å². The zero-order valence-corrected chi connectivity index (χ0v) is 11.4. The molecule has 1 aliphatic heterocycles. The molecule has 6 heteroatoms. The van der Waals surface area contributed by atoms with Crippen molar-refractivity contribution < 1.29 is 19.4 Å². The Morgan fingerprint density at radius 1 is 1.42 bits per heavy atom. The Kier molecular flexibility index (Phi) is 4.29. The van der Waals surface area contributed by atoms with E-state index in [-0.39, 0.29) is 18.7 Å². The molecule has 2 N–H and O–H groups in total. The van der Waals surface area contributed by atoms with Crippen LogP contribution in [0.1, 0.15) is 32.6 Å². The lowest BCUT2D eigenvalue weighted by molar-refractivity contribution is -0.153. The third-order valence-corrected chi connectivity index (χ3v) is 4.20. The van der Waals surface area contributed by atoms with Gasteiger partial charge in [-0.3, -0.25) is 4.79 Å². The molecular formula is C13H22N2O4. The van der Waals surface area contributed by atoms with Crippen molar-refractivity contribution in [3.05, 3.63) is 0 Å². The second-order valence-electron chi connectivity index (χ2n) is 5.55. The van der Waals surface area contributed by atoms with E-state index in [0.717, 1.165) is 12.8 Å². The SMILES string of the molecule is CC1CCN(C(=O)NCC2(C(=O)O)CCC2)CCO1. The minimum atomic E-state index is -0.799. The maximum atomic E-state index is 12.0. The number of rotatable bonds is 3. The van der Waals surface area contributed by atoms with Crippen LogP contribution in [0.4, 0.5) is 4.79 Å². The van der Waals surface area contributed by atoms with E-state index in [0.29, 0.717) is 32.5 Å². The second-order valence-corrected chi connectivity index (χ2v) is 5.55. The van der Waals surface area contributed by atoms with Crippen LogP contribution in [0.25, 0.3) is 0 Å². The highest BCUT2D eigenvalue weighted by Crippen LogP contribution is 2.40. The van der Waals surface area contributed by atoms with Crippen LogP contribution in [0.2, 0.25) is 0 Å². The molecule has 2 rings (SSSR count). The lowest BCUT2D eigenvalue weighted by atomic mass is 9.69. The molecule has 1 aliphatic carbocycles. The molecule has 1 atom stereocenters. The van der Waals surface area contributed by atoms with E-state index in [2.05, 4.69) is 5.32 Å². The lowest BCUT2D eigenvalue weighted by Crippen LogP contribution is -2.51. The van der Waals surface area contributed by atoms with Gasteiger partial charge in [0, 0.05) is 19.6 Å². The molecule has 1 heterocycles. The van der Waals surface area contributed by atoms with Gasteiger partial charge < -0.3 is 20.1 Å². The predicted octanol–water partition coefficient (Wildman–Crippen LogP) is 1.06. The van der Waals surface area contributed by atoms with Crippen LogP contribution in [0, 0.1) is 5.41 Å². The van der Waals surface area contributed by atoms with Gasteiger partial charge in [0.25, 0.3) is 0 Å². The monoisotopic (exact) mass is 270 g/mol. The van der Waals surface area contributed by atoms with Gasteiger partial charge in [-0.25, -0.2) is 4.79 Å². The fourth-order valence-corrected chi connectivity index (χ4v) is 2.53. The van der Waals surface area contributed by atoms with Gasteiger partial charge in [-0.15, -0.1) is 0 Å². The number of nitrogens with one attached hydrogen (secondary N) is 1. The van der Waals surface area contributed by atoms with Gasteiger partial charge in [0.1, 0.15) is 0 Å². The molecule has 1 unspecified atom stereocenters. The molecule has 2 aliphatic rings. The van der Waals surface area contributed by atoms with Crippen molar-refractivity contribution in [2.24, 2.45) is 5.41 Å². The van der Waals surface area contributed by atoms with Gasteiger partial charge in [0.15, 0.2) is 0 Å². The largest absolute Gasteiger partial charge is 0.481 e. The Bertz CT molecular complexity index is 355. The molecule has 0 aromatic carbocycles. The summed E-state index contributed by atoms with van der Waals surface area (Å²) in [5, 5.41) is 12.0. The average molecular weight is 270 g/mol. The Morgan fingerprint density at radius 2 is 2.16 bits per heavy atom. The van der Waals surface area contributed by atoms with E-state index in [1.54, 1.807) is 4.90 Å². The average Bonchev–Trinajstić information content (AvgIpc) is 2.52. The normalized spacial score (nSPS) is 26.2. The van der Waals surface area contributed by atoms with Crippen molar-refractivity contribution in [3.63, 3.8) is 0 Å². The molecule has 0 radical (unpaired) electrons. The van der Waals surface area contributed by atoms with E-state index in [1.807, 2.05) is 6.92 Å². The highest BCUT2D eigenvalue weighted by atomic mass is 16.5. The quantitative estimate of drug-likeness (QED) is 0.803. The summed E-state index contributed by atoms with van der Waals surface area (Å²) in [5.74, 6) is -0.799. The summed E-state index contributed by atoms with van der Waals surface area (Å²) < 4.78 is 5.48. The molecular weight excluding hydrogens is 248 g/mol. The van der Waals surface area contributed by atoms with E-state index < -0.39 is 11.4 Å². The predicted molar refractivity (Wildman–Crippen MR) is 68.9 cm³/mol. The summed E-state index contributed by atoms with van der Waals surface area (Å²) in [7, 11) is 0. The molecule has 1 saturated heterocycles. The number of carbonyl (C=O) groups is 2. The van der Waals surface area contributed by atoms with Crippen LogP contribution in [-0.2, 0) is 9.53 Å². The fourth-order valence-electron chi connectivity index (χ4n) is 2.53. The number of urea groups is 1. The van der Waals surface area contributed by atoms with E-state index in [9.17, 15) is 14.7 Å². The number of ether oxygens (including phenoxy) is 1. The smallest absolute Gasteiger partial charge is 0.317 e. The molecule has 0 bridgehead atoms. The number of amides is 2. The number of hydrogen-bond acceptors (Lipinski definition) is 3. The third kappa shape index (κ3) is 3.18. The number of carboxylic acid groups (broad SMARTS) is 1. The Labute approximate surface area is 113 Å². The molecule has 2 amide bonds. The first-order chi connectivity index (χ1) is 9.03. The van der Waals surface area contributed by atoms with Crippen molar-refractivity contribution in [1.29, 1.82) is 0 Å². The van der Waals surface area contributed by atoms with Crippen molar-refractivity contribution in [3.8, 4) is 0 Å². The van der Waals surface area contributed by atoms with Crippen molar-refractivity contribution in [1.82, 2.24) is 10.2 Å². The molecule has 0 aromatic heterocycles. The lowest BCUT2D eigenvalue weighted by Gasteiger charge is -2.38. The van der Waals surface area contributed by atoms with Gasteiger partial charge in [0.2, 0.25) is 0 Å². The van der Waals surface area contributed by atoms with Crippen molar-refractivity contribution in [2.45, 2.75) is 38.7 Å². The molecule has 108 valence electrons. The van der Waals surface area contributed by atoms with Gasteiger partial charge in [-0.2, -0.15) is 0 Å². The molecule has 0 spiro atoms. The molecule has 2 fully saturated rings. The van der Waals surface area contributed by atoms with E-state index in [1.165, 1.54) is 0 Å². The van der Waals surface area contributed by atoms with Crippen LogP contribution in [0.3, 0.4) is 0 Å². The topological polar surface area (TPSA) is 78.9 Å². The fraction of sp³-hybridized carbons (Fsp3) is 0.846. The van der Waals surface area contributed by atoms with Crippen LogP contribution < -0.4 is 5.32 Å². The van der Waals surface area contributed by atoms with Crippen LogP contribution >= 0.6 is 0 Å². The maximum absolute atomic E-state index is 12.0. The van der Waals surface area contributed by atoms with Crippen LogP contribution in [0.5, 0.6) is 0 Å². The van der Waals surface area contributed by atoms with Gasteiger partial charge >= 0.3 is 12.0 Å². The summed E-state index contributed by atoms with van der Waals surface area (Å²) in [5.41, 5.74) is -0.731. The molecule has 6 nitrogen and oxygen atoms in total. The van der Waals surface area contributed by atoms with E-state index in [4.69, 9.17) is 4.74 Å². The van der Waals surface area contributed by atoms with Crippen molar-refractivity contribution >= 4 is 12.0 Å². The van der Waals surface area contributed by atoms with Crippen LogP contribution in [0.15, 0.2) is 0 Å². The van der Waals surface area contributed by atoms with E-state index >= 15 is 0 Å². The minimum Gasteiger partial charge on any atom is -0.481 e. The maximum Gasteiger partial charge on any atom is 0.317 e. The zero-order chi connectivity index (χ0) is 13.9. The third-order valence-electron chi connectivity index (χ3n) is 4.20. The Morgan fingerprint density at radius 3 is 2.74 bits per heavy atom. The number of carboxylic acids is 1.